The highest BCUT2D eigenvalue weighted by Crippen LogP contribution is 2.20. The second kappa shape index (κ2) is 7.26. The van der Waals surface area contributed by atoms with E-state index in [2.05, 4.69) is 14.7 Å². The largest absolute Gasteiger partial charge is 0.469 e. The van der Waals surface area contributed by atoms with Crippen LogP contribution in [0.4, 0.5) is 0 Å². The molecule has 7 nitrogen and oxygen atoms in total. The minimum Gasteiger partial charge on any atom is -0.469 e. The SMILES string of the molecule is COC(=O)C(C)CN(C)C(=O)c1c(SC)nc(=O)[nH]c1C. The maximum absolute atomic E-state index is 12.5. The molecule has 1 heterocycles. The summed E-state index contributed by atoms with van der Waals surface area (Å²) in [5.74, 6) is -1.11. The number of aromatic amines is 1. The second-order valence-electron chi connectivity index (χ2n) is 4.66. The molecular weight excluding hydrogens is 294 g/mol. The molecule has 8 heteroatoms. The third-order valence-corrected chi connectivity index (χ3v) is 3.67. The molecule has 0 saturated carbocycles. The van der Waals surface area contributed by atoms with E-state index < -0.39 is 11.6 Å². The molecule has 0 aliphatic rings. The lowest BCUT2D eigenvalue weighted by Crippen LogP contribution is -2.35. The highest BCUT2D eigenvalue weighted by atomic mass is 32.2. The van der Waals surface area contributed by atoms with E-state index in [1.807, 2.05) is 0 Å². The molecule has 0 aromatic carbocycles. The van der Waals surface area contributed by atoms with Crippen LogP contribution in [-0.2, 0) is 9.53 Å². The molecule has 0 aliphatic carbocycles. The van der Waals surface area contributed by atoms with Gasteiger partial charge in [-0.1, -0.05) is 6.92 Å². The predicted octanol–water partition coefficient (Wildman–Crippen LogP) is 0.681. The normalized spacial score (nSPS) is 11.9. The smallest absolute Gasteiger partial charge is 0.346 e. The van der Waals surface area contributed by atoms with Gasteiger partial charge in [-0.25, -0.2) is 4.79 Å². The van der Waals surface area contributed by atoms with Crippen molar-refractivity contribution in [2.45, 2.75) is 18.9 Å². The van der Waals surface area contributed by atoms with Gasteiger partial charge in [0, 0.05) is 19.3 Å². The lowest BCUT2D eigenvalue weighted by atomic mass is 10.1. The van der Waals surface area contributed by atoms with Gasteiger partial charge in [-0.05, 0) is 13.2 Å². The number of carbonyl (C=O) groups is 2. The standard InChI is InChI=1S/C13H19N3O4S/c1-7(12(18)20-4)6-16(3)11(17)9-8(2)14-13(19)15-10(9)21-5/h7H,6H2,1-5H3,(H,14,15,19). The Bertz CT molecular complexity index is 600. The molecular formula is C13H19N3O4S. The van der Waals surface area contributed by atoms with Gasteiger partial charge in [0.25, 0.3) is 5.91 Å². The van der Waals surface area contributed by atoms with Crippen molar-refractivity contribution >= 4 is 23.6 Å². The first-order valence-corrected chi connectivity index (χ1v) is 7.52. The van der Waals surface area contributed by atoms with Crippen molar-refractivity contribution in [3.8, 4) is 0 Å². The van der Waals surface area contributed by atoms with Crippen LogP contribution in [0.2, 0.25) is 0 Å². The molecule has 1 N–H and O–H groups in total. The summed E-state index contributed by atoms with van der Waals surface area (Å²) in [6.45, 7) is 3.55. The number of nitrogens with zero attached hydrogens (tertiary/aromatic N) is 2. The Balaban J connectivity index is 3.03. The third kappa shape index (κ3) is 4.07. The zero-order chi connectivity index (χ0) is 16.2. The number of nitrogens with one attached hydrogen (secondary N) is 1. The number of carbonyl (C=O) groups excluding carboxylic acids is 2. The fourth-order valence-electron chi connectivity index (χ4n) is 1.92. The molecule has 1 atom stereocenters. The maximum atomic E-state index is 12.5. The molecule has 0 bridgehead atoms. The van der Waals surface area contributed by atoms with Crippen LogP contribution in [-0.4, -0.2) is 53.7 Å². The van der Waals surface area contributed by atoms with E-state index >= 15 is 0 Å². The van der Waals surface area contributed by atoms with E-state index in [0.29, 0.717) is 16.3 Å². The summed E-state index contributed by atoms with van der Waals surface area (Å²) in [5, 5.41) is 0.374. The molecule has 0 saturated heterocycles. The Morgan fingerprint density at radius 2 is 2.10 bits per heavy atom. The van der Waals surface area contributed by atoms with Gasteiger partial charge in [0.2, 0.25) is 0 Å². The molecule has 116 valence electrons. The maximum Gasteiger partial charge on any atom is 0.346 e. The Hall–Kier alpha value is -1.83. The van der Waals surface area contributed by atoms with Gasteiger partial charge in [0.05, 0.1) is 18.6 Å². The summed E-state index contributed by atoms with van der Waals surface area (Å²) in [5.41, 5.74) is 0.322. The monoisotopic (exact) mass is 313 g/mol. The van der Waals surface area contributed by atoms with E-state index in [9.17, 15) is 14.4 Å². The predicted molar refractivity (Wildman–Crippen MR) is 79.5 cm³/mol. The average Bonchev–Trinajstić information content (AvgIpc) is 2.44. The molecule has 0 aliphatic heterocycles. The highest BCUT2D eigenvalue weighted by Gasteiger charge is 2.24. The van der Waals surface area contributed by atoms with Crippen molar-refractivity contribution in [2.24, 2.45) is 5.92 Å². The van der Waals surface area contributed by atoms with Gasteiger partial charge in [-0.15, -0.1) is 11.8 Å². The fraction of sp³-hybridized carbons (Fsp3) is 0.538. The number of hydrogen-bond donors (Lipinski definition) is 1. The summed E-state index contributed by atoms with van der Waals surface area (Å²) in [6.07, 6.45) is 1.75. The van der Waals surface area contributed by atoms with Crippen molar-refractivity contribution < 1.29 is 14.3 Å². The molecule has 1 amide bonds. The minimum absolute atomic E-state index is 0.220. The van der Waals surface area contributed by atoms with Crippen molar-refractivity contribution in [3.63, 3.8) is 0 Å². The van der Waals surface area contributed by atoms with Gasteiger partial charge in [0.15, 0.2) is 0 Å². The molecule has 1 rings (SSSR count). The number of thioether (sulfide) groups is 1. The van der Waals surface area contributed by atoms with Gasteiger partial charge >= 0.3 is 11.7 Å². The Labute approximate surface area is 127 Å². The van der Waals surface area contributed by atoms with Crippen LogP contribution in [0.3, 0.4) is 0 Å². The first kappa shape index (κ1) is 17.2. The topological polar surface area (TPSA) is 92.4 Å². The van der Waals surface area contributed by atoms with Crippen LogP contribution in [0, 0.1) is 12.8 Å². The first-order valence-electron chi connectivity index (χ1n) is 6.30. The van der Waals surface area contributed by atoms with Crippen LogP contribution in [0.1, 0.15) is 23.0 Å². The fourth-order valence-corrected chi connectivity index (χ4v) is 2.54. The average molecular weight is 313 g/mol. The van der Waals surface area contributed by atoms with E-state index in [4.69, 9.17) is 0 Å². The third-order valence-electron chi connectivity index (χ3n) is 2.99. The zero-order valence-electron chi connectivity index (χ0n) is 12.7. The molecule has 1 unspecified atom stereocenters. The summed E-state index contributed by atoms with van der Waals surface area (Å²) >= 11 is 1.23. The van der Waals surface area contributed by atoms with Crippen LogP contribution in [0.25, 0.3) is 0 Å². The van der Waals surface area contributed by atoms with Crippen molar-refractivity contribution in [1.82, 2.24) is 14.9 Å². The van der Waals surface area contributed by atoms with Crippen molar-refractivity contribution in [3.05, 3.63) is 21.7 Å². The van der Waals surface area contributed by atoms with E-state index in [-0.39, 0.29) is 18.4 Å². The minimum atomic E-state index is -0.487. The van der Waals surface area contributed by atoms with Gasteiger partial charge in [0.1, 0.15) is 5.03 Å². The Morgan fingerprint density at radius 3 is 2.62 bits per heavy atom. The summed E-state index contributed by atoms with van der Waals surface area (Å²) in [7, 11) is 2.90. The molecule has 21 heavy (non-hydrogen) atoms. The number of aryl methyl sites for hydroxylation is 1. The number of esters is 1. The number of ether oxygens (including phenoxy) is 1. The summed E-state index contributed by atoms with van der Waals surface area (Å²) in [4.78, 5) is 43.0. The van der Waals surface area contributed by atoms with E-state index in [1.54, 1.807) is 27.2 Å². The van der Waals surface area contributed by atoms with E-state index in [0.717, 1.165) is 0 Å². The second-order valence-corrected chi connectivity index (χ2v) is 5.46. The van der Waals surface area contributed by atoms with Crippen LogP contribution >= 0.6 is 11.8 Å². The first-order chi connectivity index (χ1) is 9.81. The van der Waals surface area contributed by atoms with Crippen molar-refractivity contribution in [1.29, 1.82) is 0 Å². The van der Waals surface area contributed by atoms with Crippen LogP contribution < -0.4 is 5.69 Å². The number of rotatable bonds is 5. The van der Waals surface area contributed by atoms with Crippen LogP contribution in [0.5, 0.6) is 0 Å². The molecule has 0 spiro atoms. The zero-order valence-corrected chi connectivity index (χ0v) is 13.5. The molecule has 1 aromatic heterocycles. The van der Waals surface area contributed by atoms with Gasteiger partial charge in [-0.3, -0.25) is 9.59 Å². The summed E-state index contributed by atoms with van der Waals surface area (Å²) < 4.78 is 4.64. The molecule has 0 radical (unpaired) electrons. The van der Waals surface area contributed by atoms with Crippen LogP contribution in [0.15, 0.2) is 9.82 Å². The Kier molecular flexibility index (Phi) is 5.95. The number of H-pyrrole nitrogens is 1. The van der Waals surface area contributed by atoms with E-state index in [1.165, 1.54) is 23.8 Å². The Morgan fingerprint density at radius 1 is 1.48 bits per heavy atom. The molecule has 0 fully saturated rings. The number of amides is 1. The van der Waals surface area contributed by atoms with Crippen molar-refractivity contribution in [2.75, 3.05) is 27.0 Å². The lowest BCUT2D eigenvalue weighted by molar-refractivity contribution is -0.145. The molecule has 1 aromatic rings. The van der Waals surface area contributed by atoms with Gasteiger partial charge < -0.3 is 14.6 Å². The van der Waals surface area contributed by atoms with Gasteiger partial charge in [-0.2, -0.15) is 4.98 Å². The number of aromatic nitrogens is 2. The summed E-state index contributed by atoms with van der Waals surface area (Å²) in [6, 6.07) is 0. The quantitative estimate of drug-likeness (QED) is 0.488. The lowest BCUT2D eigenvalue weighted by Gasteiger charge is -2.21. The number of hydrogen-bond acceptors (Lipinski definition) is 6. The number of methoxy groups -OCH3 is 1. The highest BCUT2D eigenvalue weighted by molar-refractivity contribution is 7.98.